The zero-order valence-corrected chi connectivity index (χ0v) is 11.1. The van der Waals surface area contributed by atoms with Crippen LogP contribution >= 0.6 is 15.9 Å². The summed E-state index contributed by atoms with van der Waals surface area (Å²) in [4.78, 5) is 0. The average Bonchev–Trinajstić information content (AvgIpc) is 2.26. The highest BCUT2D eigenvalue weighted by atomic mass is 79.9. The highest BCUT2D eigenvalue weighted by Gasteiger charge is 2.14. The molecule has 1 rings (SSSR count). The average molecular weight is 291 g/mol. The first-order chi connectivity index (χ1) is 7.62. The smallest absolute Gasteiger partial charge is 0.203 e. The molecule has 0 fully saturated rings. The van der Waals surface area contributed by atoms with E-state index in [0.717, 1.165) is 5.56 Å². The normalized spacial score (nSPS) is 12.1. The monoisotopic (exact) mass is 290 g/mol. The highest BCUT2D eigenvalue weighted by Crippen LogP contribution is 2.38. The summed E-state index contributed by atoms with van der Waals surface area (Å²) in [5, 5.41) is 8.68. The number of rotatable bonds is 5. The van der Waals surface area contributed by atoms with Gasteiger partial charge in [-0.15, -0.1) is 0 Å². The second-order valence-corrected chi connectivity index (χ2v) is 4.23. The number of ether oxygens (including phenoxy) is 3. The molecule has 0 amide bonds. The molecule has 4 nitrogen and oxygen atoms in total. The number of hydrogen-bond acceptors (Lipinski definition) is 4. The van der Waals surface area contributed by atoms with Gasteiger partial charge in [0.2, 0.25) is 5.75 Å². The molecule has 0 spiro atoms. The van der Waals surface area contributed by atoms with Gasteiger partial charge in [0.15, 0.2) is 11.5 Å². The summed E-state index contributed by atoms with van der Waals surface area (Å²) in [6.07, 6.45) is 0.469. The molecule has 90 valence electrons. The van der Waals surface area contributed by atoms with E-state index in [1.54, 1.807) is 21.3 Å². The minimum absolute atomic E-state index is 0.469. The van der Waals surface area contributed by atoms with Crippen molar-refractivity contribution in [2.75, 3.05) is 21.3 Å². The number of halogens is 1. The van der Waals surface area contributed by atoms with Crippen molar-refractivity contribution >= 4 is 15.9 Å². The van der Waals surface area contributed by atoms with E-state index in [9.17, 15) is 5.11 Å². The number of alkyl halides is 1. The molecule has 1 N–H and O–H groups in total. The minimum atomic E-state index is -0.588. The second-order valence-electron chi connectivity index (χ2n) is 3.17. The Morgan fingerprint density at radius 1 is 1.12 bits per heavy atom. The van der Waals surface area contributed by atoms with Crippen molar-refractivity contribution in [1.29, 1.82) is 0 Å². The molecule has 16 heavy (non-hydrogen) atoms. The lowest BCUT2D eigenvalue weighted by atomic mass is 10.1. The van der Waals surface area contributed by atoms with Crippen LogP contribution < -0.4 is 14.2 Å². The maximum absolute atomic E-state index is 9.26. The summed E-state index contributed by atoms with van der Waals surface area (Å²) in [5.41, 5.74) is 0.902. The molecule has 0 aliphatic heterocycles. The van der Waals surface area contributed by atoms with Gasteiger partial charge in [0.25, 0.3) is 0 Å². The number of hydrogen-bond donors (Lipinski definition) is 1. The van der Waals surface area contributed by atoms with Gasteiger partial charge in [0.05, 0.1) is 21.3 Å². The van der Waals surface area contributed by atoms with E-state index in [-0.39, 0.29) is 0 Å². The van der Waals surface area contributed by atoms with Crippen LogP contribution in [0.15, 0.2) is 12.1 Å². The Kier molecular flexibility index (Phi) is 4.89. The van der Waals surface area contributed by atoms with Crippen molar-refractivity contribution in [3.63, 3.8) is 0 Å². The van der Waals surface area contributed by atoms with Gasteiger partial charge in [-0.05, 0) is 17.7 Å². The topological polar surface area (TPSA) is 47.9 Å². The summed E-state index contributed by atoms with van der Waals surface area (Å²) in [5.74, 6) is 1.73. The fourth-order valence-corrected chi connectivity index (χ4v) is 1.82. The first-order valence-corrected chi connectivity index (χ1v) is 5.65. The first kappa shape index (κ1) is 13.1. The summed E-state index contributed by atoms with van der Waals surface area (Å²) >= 11 is 3.08. The summed E-state index contributed by atoms with van der Waals surface area (Å²) in [6, 6.07) is 3.62. The molecule has 0 saturated heterocycles. The molecule has 1 atom stereocenters. The van der Waals surface area contributed by atoms with Gasteiger partial charge >= 0.3 is 0 Å². The van der Waals surface area contributed by atoms with E-state index in [1.165, 1.54) is 0 Å². The molecular weight excluding hydrogens is 276 g/mol. The highest BCUT2D eigenvalue weighted by molar-refractivity contribution is 9.09. The van der Waals surface area contributed by atoms with Crippen molar-refractivity contribution in [3.05, 3.63) is 17.7 Å². The van der Waals surface area contributed by atoms with Gasteiger partial charge in [-0.25, -0.2) is 0 Å². The van der Waals surface area contributed by atoms with Crippen molar-refractivity contribution in [2.24, 2.45) is 0 Å². The molecule has 0 radical (unpaired) electrons. The van der Waals surface area contributed by atoms with Crippen molar-refractivity contribution in [2.45, 2.75) is 11.4 Å². The zero-order chi connectivity index (χ0) is 12.1. The van der Waals surface area contributed by atoms with E-state index in [2.05, 4.69) is 15.9 Å². The largest absolute Gasteiger partial charge is 0.493 e. The van der Waals surface area contributed by atoms with Crippen molar-refractivity contribution in [3.8, 4) is 17.2 Å². The SMILES string of the molecule is COc1cc(CC(O)Br)cc(OC)c1OC. The Bertz CT molecular complexity index is 327. The van der Waals surface area contributed by atoms with Crippen LogP contribution in [0.25, 0.3) is 0 Å². The Morgan fingerprint density at radius 2 is 1.62 bits per heavy atom. The Labute approximate surface area is 103 Å². The third-order valence-corrected chi connectivity index (χ3v) is 2.45. The Hall–Kier alpha value is -0.940. The molecule has 0 aliphatic rings. The van der Waals surface area contributed by atoms with Gasteiger partial charge in [0.1, 0.15) is 5.01 Å². The maximum atomic E-state index is 9.26. The predicted octanol–water partition coefficient (Wildman–Crippen LogP) is 1.97. The van der Waals surface area contributed by atoms with E-state index in [0.29, 0.717) is 23.7 Å². The molecule has 0 bridgehead atoms. The van der Waals surface area contributed by atoms with Crippen LogP contribution in [-0.2, 0) is 6.42 Å². The number of aliphatic hydroxyl groups is 1. The fraction of sp³-hybridized carbons (Fsp3) is 0.455. The minimum Gasteiger partial charge on any atom is -0.493 e. The second kappa shape index (κ2) is 5.96. The lowest BCUT2D eigenvalue weighted by molar-refractivity contribution is 0.270. The maximum Gasteiger partial charge on any atom is 0.203 e. The van der Waals surface area contributed by atoms with Crippen LogP contribution in [0.4, 0.5) is 0 Å². The lowest BCUT2D eigenvalue weighted by Gasteiger charge is -2.14. The summed E-state index contributed by atoms with van der Waals surface area (Å²) in [7, 11) is 4.68. The summed E-state index contributed by atoms with van der Waals surface area (Å²) < 4.78 is 15.6. The van der Waals surface area contributed by atoms with Crippen LogP contribution in [0.1, 0.15) is 5.56 Å². The summed E-state index contributed by atoms with van der Waals surface area (Å²) in [6.45, 7) is 0. The van der Waals surface area contributed by atoms with Crippen molar-refractivity contribution in [1.82, 2.24) is 0 Å². The van der Waals surface area contributed by atoms with Gasteiger partial charge in [-0.2, -0.15) is 0 Å². The number of benzene rings is 1. The molecule has 1 aromatic carbocycles. The van der Waals surface area contributed by atoms with E-state index in [1.807, 2.05) is 12.1 Å². The standard InChI is InChI=1S/C11H15BrO4/c1-14-8-4-7(6-10(12)13)5-9(15-2)11(8)16-3/h4-5,10,13H,6H2,1-3H3. The fourth-order valence-electron chi connectivity index (χ4n) is 1.45. The number of aliphatic hydroxyl groups excluding tert-OH is 1. The van der Waals surface area contributed by atoms with Crippen molar-refractivity contribution < 1.29 is 19.3 Å². The van der Waals surface area contributed by atoms with Crippen LogP contribution in [0, 0.1) is 0 Å². The molecular formula is C11H15BrO4. The number of methoxy groups -OCH3 is 3. The van der Waals surface area contributed by atoms with Gasteiger partial charge in [0, 0.05) is 6.42 Å². The van der Waals surface area contributed by atoms with Crippen LogP contribution in [-0.4, -0.2) is 31.4 Å². The first-order valence-electron chi connectivity index (χ1n) is 4.73. The Morgan fingerprint density at radius 3 is 1.94 bits per heavy atom. The van der Waals surface area contributed by atoms with Crippen LogP contribution in [0.5, 0.6) is 17.2 Å². The van der Waals surface area contributed by atoms with Gasteiger partial charge in [-0.1, -0.05) is 15.9 Å². The lowest BCUT2D eigenvalue weighted by Crippen LogP contribution is -2.02. The van der Waals surface area contributed by atoms with E-state index < -0.39 is 5.01 Å². The van der Waals surface area contributed by atoms with Gasteiger partial charge < -0.3 is 19.3 Å². The van der Waals surface area contributed by atoms with Gasteiger partial charge in [-0.3, -0.25) is 0 Å². The third-order valence-electron chi connectivity index (χ3n) is 2.13. The van der Waals surface area contributed by atoms with E-state index in [4.69, 9.17) is 14.2 Å². The van der Waals surface area contributed by atoms with Crippen LogP contribution in [0.2, 0.25) is 0 Å². The molecule has 5 heteroatoms. The molecule has 0 saturated carbocycles. The Balaban J connectivity index is 3.15. The van der Waals surface area contributed by atoms with Crippen LogP contribution in [0.3, 0.4) is 0 Å². The zero-order valence-electron chi connectivity index (χ0n) is 9.49. The quantitative estimate of drug-likeness (QED) is 0.843. The van der Waals surface area contributed by atoms with E-state index >= 15 is 0 Å². The molecule has 0 aliphatic carbocycles. The molecule has 1 unspecified atom stereocenters. The molecule has 0 aromatic heterocycles. The molecule has 1 aromatic rings. The predicted molar refractivity (Wildman–Crippen MR) is 64.7 cm³/mol. The third kappa shape index (κ3) is 3.02. The molecule has 0 heterocycles.